The number of carbonyl (C=O) groups excluding carboxylic acids is 1. The number of halogens is 1. The quantitative estimate of drug-likeness (QED) is 0.846. The summed E-state index contributed by atoms with van der Waals surface area (Å²) in [7, 11) is 0. The summed E-state index contributed by atoms with van der Waals surface area (Å²) in [4.78, 5) is 11.7. The van der Waals surface area contributed by atoms with Gasteiger partial charge in [0.15, 0.2) is 16.8 Å². The first-order valence-corrected chi connectivity index (χ1v) is 5.04. The number of nitrogens with one attached hydrogen (secondary N) is 2. The predicted molar refractivity (Wildman–Crippen MR) is 59.7 cm³/mol. The Morgan fingerprint density at radius 1 is 1.50 bits per heavy atom. The molecule has 0 unspecified atom stereocenters. The molecule has 0 aromatic carbocycles. The molecule has 0 aliphatic heterocycles. The number of aryl methyl sites for hydroxylation is 1. The van der Waals surface area contributed by atoms with E-state index in [-0.39, 0.29) is 16.9 Å². The van der Waals surface area contributed by atoms with Crippen LogP contribution in [0.25, 0.3) is 0 Å². The molecule has 0 atom stereocenters. The Morgan fingerprint density at radius 2 is 2.25 bits per heavy atom. The smallest absolute Gasteiger partial charge is 0.292 e. The molecular weight excluding hydrogens is 230 g/mol. The van der Waals surface area contributed by atoms with Crippen molar-refractivity contribution in [3.63, 3.8) is 0 Å². The van der Waals surface area contributed by atoms with Gasteiger partial charge in [0.1, 0.15) is 0 Å². The molecule has 2 rings (SSSR count). The van der Waals surface area contributed by atoms with E-state index in [2.05, 4.69) is 15.5 Å². The highest BCUT2D eigenvalue weighted by molar-refractivity contribution is 6.29. The zero-order valence-electron chi connectivity index (χ0n) is 8.80. The number of amides is 1. The number of furan rings is 1. The molecule has 2 N–H and O–H groups in total. The molecule has 0 bridgehead atoms. The Balaban J connectivity index is 2.17. The summed E-state index contributed by atoms with van der Waals surface area (Å²) in [6, 6.07) is 3.02. The van der Waals surface area contributed by atoms with Crippen LogP contribution in [0.2, 0.25) is 5.22 Å². The Kier molecular flexibility index (Phi) is 2.70. The number of carbonyl (C=O) groups is 1. The Hall–Kier alpha value is -1.75. The second-order valence-corrected chi connectivity index (χ2v) is 3.75. The van der Waals surface area contributed by atoms with E-state index in [9.17, 15) is 4.79 Å². The van der Waals surface area contributed by atoms with E-state index in [1.807, 2.05) is 13.8 Å². The second-order valence-electron chi connectivity index (χ2n) is 3.38. The Labute approximate surface area is 96.8 Å². The molecular formula is C10H10ClN3O2. The first-order chi connectivity index (χ1) is 7.58. The van der Waals surface area contributed by atoms with E-state index < -0.39 is 0 Å². The first kappa shape index (κ1) is 10.8. The summed E-state index contributed by atoms with van der Waals surface area (Å²) in [6.07, 6.45) is 0. The van der Waals surface area contributed by atoms with Crippen molar-refractivity contribution in [3.05, 3.63) is 34.4 Å². The maximum absolute atomic E-state index is 11.7. The highest BCUT2D eigenvalue weighted by atomic mass is 35.5. The fraction of sp³-hybridized carbons (Fsp3) is 0.200. The Morgan fingerprint density at radius 3 is 2.75 bits per heavy atom. The van der Waals surface area contributed by atoms with E-state index >= 15 is 0 Å². The monoisotopic (exact) mass is 239 g/mol. The van der Waals surface area contributed by atoms with Crippen molar-refractivity contribution in [1.82, 2.24) is 10.2 Å². The lowest BCUT2D eigenvalue weighted by Gasteiger charge is -1.99. The van der Waals surface area contributed by atoms with Gasteiger partial charge in [0, 0.05) is 11.3 Å². The molecule has 0 fully saturated rings. The Bertz CT molecular complexity index is 530. The number of aromatic nitrogens is 2. The molecule has 1 amide bonds. The van der Waals surface area contributed by atoms with Crippen LogP contribution in [0.15, 0.2) is 16.5 Å². The van der Waals surface area contributed by atoms with Gasteiger partial charge in [-0.1, -0.05) is 0 Å². The third-order valence-corrected chi connectivity index (χ3v) is 2.49. The van der Waals surface area contributed by atoms with Crippen LogP contribution in [0.1, 0.15) is 21.8 Å². The topological polar surface area (TPSA) is 70.9 Å². The minimum Gasteiger partial charge on any atom is -0.440 e. The standard InChI is InChI=1S/C10H10ClN3O2/c1-5-6(2)13-14-9(5)12-10(15)7-3-4-8(11)16-7/h3-4H,1-2H3,(H2,12,13,14,15). The average Bonchev–Trinajstić information content (AvgIpc) is 2.79. The van der Waals surface area contributed by atoms with Gasteiger partial charge in [-0.25, -0.2) is 0 Å². The summed E-state index contributed by atoms with van der Waals surface area (Å²) >= 11 is 5.57. The molecule has 2 aromatic heterocycles. The molecule has 0 aliphatic rings. The van der Waals surface area contributed by atoms with Gasteiger partial charge >= 0.3 is 0 Å². The van der Waals surface area contributed by atoms with E-state index in [4.69, 9.17) is 16.0 Å². The van der Waals surface area contributed by atoms with Gasteiger partial charge in [-0.2, -0.15) is 5.10 Å². The van der Waals surface area contributed by atoms with Crippen LogP contribution in [-0.2, 0) is 0 Å². The average molecular weight is 240 g/mol. The van der Waals surface area contributed by atoms with Gasteiger partial charge in [0.25, 0.3) is 5.91 Å². The fourth-order valence-electron chi connectivity index (χ4n) is 1.21. The molecule has 0 saturated heterocycles. The van der Waals surface area contributed by atoms with E-state index in [1.165, 1.54) is 12.1 Å². The molecule has 6 heteroatoms. The van der Waals surface area contributed by atoms with Crippen molar-refractivity contribution in [2.24, 2.45) is 0 Å². The van der Waals surface area contributed by atoms with Crippen molar-refractivity contribution in [2.75, 3.05) is 5.32 Å². The van der Waals surface area contributed by atoms with Crippen LogP contribution in [0, 0.1) is 13.8 Å². The van der Waals surface area contributed by atoms with Crippen LogP contribution in [0.4, 0.5) is 5.82 Å². The summed E-state index contributed by atoms with van der Waals surface area (Å²) in [5.74, 6) is 0.279. The molecule has 2 aromatic rings. The summed E-state index contributed by atoms with van der Waals surface area (Å²) < 4.78 is 4.98. The molecule has 0 spiro atoms. The number of nitrogens with zero attached hydrogens (tertiary/aromatic N) is 1. The van der Waals surface area contributed by atoms with Crippen LogP contribution < -0.4 is 5.32 Å². The summed E-state index contributed by atoms with van der Waals surface area (Å²) in [5, 5.41) is 9.54. The second kappa shape index (κ2) is 4.02. The van der Waals surface area contributed by atoms with E-state index in [1.54, 1.807) is 0 Å². The largest absolute Gasteiger partial charge is 0.440 e. The SMILES string of the molecule is Cc1[nH]nc(NC(=O)c2ccc(Cl)o2)c1C. The van der Waals surface area contributed by atoms with Crippen LogP contribution >= 0.6 is 11.6 Å². The third kappa shape index (κ3) is 1.94. The molecule has 0 radical (unpaired) electrons. The number of aromatic amines is 1. The van der Waals surface area contributed by atoms with Gasteiger partial charge in [0.05, 0.1) is 0 Å². The lowest BCUT2D eigenvalue weighted by molar-refractivity contribution is 0.0996. The zero-order valence-corrected chi connectivity index (χ0v) is 9.55. The van der Waals surface area contributed by atoms with Crippen LogP contribution in [0.5, 0.6) is 0 Å². The minimum atomic E-state index is -0.374. The fourth-order valence-corrected chi connectivity index (χ4v) is 1.36. The minimum absolute atomic E-state index is 0.157. The first-order valence-electron chi connectivity index (χ1n) is 4.66. The summed E-state index contributed by atoms with van der Waals surface area (Å²) in [5.41, 5.74) is 1.80. The van der Waals surface area contributed by atoms with Gasteiger partial charge in [-0.05, 0) is 37.6 Å². The van der Waals surface area contributed by atoms with Gasteiger partial charge < -0.3 is 9.73 Å². The number of hydrogen-bond acceptors (Lipinski definition) is 3. The molecule has 0 aliphatic carbocycles. The predicted octanol–water partition coefficient (Wildman–Crippen LogP) is 2.53. The van der Waals surface area contributed by atoms with Crippen molar-refractivity contribution < 1.29 is 9.21 Å². The highest BCUT2D eigenvalue weighted by Crippen LogP contribution is 2.17. The third-order valence-electron chi connectivity index (χ3n) is 2.28. The van der Waals surface area contributed by atoms with Crippen molar-refractivity contribution in [2.45, 2.75) is 13.8 Å². The highest BCUT2D eigenvalue weighted by Gasteiger charge is 2.14. The molecule has 84 valence electrons. The van der Waals surface area contributed by atoms with Crippen molar-refractivity contribution in [3.8, 4) is 0 Å². The molecule has 16 heavy (non-hydrogen) atoms. The van der Waals surface area contributed by atoms with Crippen LogP contribution in [0.3, 0.4) is 0 Å². The lowest BCUT2D eigenvalue weighted by Crippen LogP contribution is -2.11. The maximum atomic E-state index is 11.7. The maximum Gasteiger partial charge on any atom is 0.292 e. The normalized spacial score (nSPS) is 10.4. The lowest BCUT2D eigenvalue weighted by atomic mass is 10.3. The van der Waals surface area contributed by atoms with Gasteiger partial charge in [-0.15, -0.1) is 0 Å². The van der Waals surface area contributed by atoms with Gasteiger partial charge in [0.2, 0.25) is 0 Å². The van der Waals surface area contributed by atoms with E-state index in [0.29, 0.717) is 5.82 Å². The molecule has 5 nitrogen and oxygen atoms in total. The number of anilines is 1. The van der Waals surface area contributed by atoms with E-state index in [0.717, 1.165) is 11.3 Å². The van der Waals surface area contributed by atoms with Crippen LogP contribution in [-0.4, -0.2) is 16.1 Å². The zero-order chi connectivity index (χ0) is 11.7. The van der Waals surface area contributed by atoms with Gasteiger partial charge in [-0.3, -0.25) is 9.89 Å². The van der Waals surface area contributed by atoms with Crippen molar-refractivity contribution in [1.29, 1.82) is 0 Å². The number of rotatable bonds is 2. The molecule has 0 saturated carbocycles. The van der Waals surface area contributed by atoms with Crippen molar-refractivity contribution >= 4 is 23.3 Å². The number of hydrogen-bond donors (Lipinski definition) is 2. The summed E-state index contributed by atoms with van der Waals surface area (Å²) in [6.45, 7) is 3.74. The number of H-pyrrole nitrogens is 1. The molecule has 2 heterocycles.